The van der Waals surface area contributed by atoms with Gasteiger partial charge >= 0.3 is 5.69 Å². The Morgan fingerprint density at radius 3 is 1.90 bits per heavy atom. The van der Waals surface area contributed by atoms with E-state index in [9.17, 15) is 14.9 Å². The van der Waals surface area contributed by atoms with Crippen LogP contribution in [0.25, 0.3) is 0 Å². The van der Waals surface area contributed by atoms with E-state index in [2.05, 4.69) is 77.3 Å². The number of hydrogen-bond acceptors (Lipinski definition) is 11. The van der Waals surface area contributed by atoms with E-state index in [-0.39, 0.29) is 36.8 Å². The Balaban J connectivity index is 1.75. The Hall–Kier alpha value is -4.16. The van der Waals surface area contributed by atoms with Crippen molar-refractivity contribution in [3.8, 4) is 17.6 Å². The lowest BCUT2D eigenvalue weighted by molar-refractivity contribution is -0.0943. The van der Waals surface area contributed by atoms with Crippen LogP contribution in [0.3, 0.4) is 0 Å². The highest BCUT2D eigenvalue weighted by Gasteiger charge is 2.54. The van der Waals surface area contributed by atoms with Crippen LogP contribution >= 0.6 is 8.53 Å². The van der Waals surface area contributed by atoms with E-state index in [4.69, 9.17) is 32.4 Å². The van der Waals surface area contributed by atoms with Crippen LogP contribution in [0.1, 0.15) is 83.4 Å². The predicted molar refractivity (Wildman–Crippen MR) is 240 cm³/mol. The number of H-pyrrole nitrogens is 1. The normalized spacial score (nSPS) is 19.0. The first-order valence-corrected chi connectivity index (χ1v) is 24.8. The number of hydrogen-bond donors (Lipinski definition) is 1. The predicted octanol–water partition coefficient (Wildman–Crippen LogP) is 8.82. The van der Waals surface area contributed by atoms with Crippen LogP contribution in [0.4, 0.5) is 0 Å². The summed E-state index contributed by atoms with van der Waals surface area (Å²) in [7, 11) is -1.22. The fraction of sp³-hybridized carbons (Fsp3) is 0.500. The van der Waals surface area contributed by atoms with Gasteiger partial charge in [0.25, 0.3) is 14.1 Å². The van der Waals surface area contributed by atoms with E-state index >= 15 is 0 Å². The van der Waals surface area contributed by atoms with Gasteiger partial charge in [-0.05, 0) is 93.7 Å². The minimum atomic E-state index is -2.65. The van der Waals surface area contributed by atoms with Gasteiger partial charge in [-0.15, -0.1) is 0 Å². The molecule has 1 aliphatic heterocycles. The monoisotopic (exact) mass is 874 g/mol. The van der Waals surface area contributed by atoms with Gasteiger partial charge in [0.2, 0.25) is 0 Å². The van der Waals surface area contributed by atoms with Gasteiger partial charge in [0.1, 0.15) is 35.4 Å². The topological polar surface area (TPSA) is 147 Å². The molecule has 2 heterocycles. The van der Waals surface area contributed by atoms with Crippen molar-refractivity contribution >= 4 is 16.8 Å². The average Bonchev–Trinajstić information content (AvgIpc) is 3.54. The van der Waals surface area contributed by atoms with Gasteiger partial charge in [-0.3, -0.25) is 14.3 Å². The standard InChI is InChI=1S/C46H63N4O9PSi/c1-31(2)50(32(3)4)60(56-28-16-27-47)58-40-39(57-43(41(40)59-61(11,12)45(6,7)8)49-29-33(5)42(51)48-44(49)52)30-55-46(34-17-14-13-15-18-34,35-19-23-37(53-9)24-20-35)36-21-25-38(54-10)26-22-36/h13-15,17-26,29,31-32,39-41,43H,16,28,30H2,1-12H3,(H,48,51,52)/t39-,40-,41-,43-,60?/m1/s1. The minimum absolute atomic E-state index is 0.00103. The summed E-state index contributed by atoms with van der Waals surface area (Å²) >= 11 is 0. The number of benzene rings is 3. The molecule has 0 amide bonds. The Morgan fingerprint density at radius 2 is 1.41 bits per heavy atom. The van der Waals surface area contributed by atoms with Crippen molar-refractivity contribution in [2.75, 3.05) is 27.4 Å². The largest absolute Gasteiger partial charge is 0.497 e. The van der Waals surface area contributed by atoms with E-state index < -0.39 is 58.2 Å². The summed E-state index contributed by atoms with van der Waals surface area (Å²) in [5.74, 6) is 1.38. The van der Waals surface area contributed by atoms with Crippen LogP contribution in [0.15, 0.2) is 94.6 Å². The first kappa shape index (κ1) is 47.9. The maximum Gasteiger partial charge on any atom is 0.330 e. The number of aromatic amines is 1. The molecule has 0 saturated carbocycles. The number of aryl methyl sites for hydroxylation is 1. The maximum absolute atomic E-state index is 13.8. The zero-order valence-electron chi connectivity index (χ0n) is 37.6. The molecule has 61 heavy (non-hydrogen) atoms. The molecule has 3 aromatic carbocycles. The zero-order chi connectivity index (χ0) is 44.7. The maximum atomic E-state index is 13.8. The van der Waals surface area contributed by atoms with Gasteiger partial charge in [0.15, 0.2) is 14.5 Å². The molecule has 1 fully saturated rings. The molecule has 1 N–H and O–H groups in total. The highest BCUT2D eigenvalue weighted by molar-refractivity contribution is 7.44. The number of nitrogens with zero attached hydrogens (tertiary/aromatic N) is 3. The number of ether oxygens (including phenoxy) is 4. The molecule has 0 spiro atoms. The van der Waals surface area contributed by atoms with Crippen molar-refractivity contribution in [2.45, 2.75) is 122 Å². The SMILES string of the molecule is COc1ccc(C(OC[C@H]2O[C@@H](n3cc(C)c(=O)[nH]c3=O)[C@H](O[Si](C)(C)C(C)(C)C)[C@@H]2OP(OCCC#N)N(C(C)C)C(C)C)(c2ccccc2)c2ccc(OC)cc2)cc1. The lowest BCUT2D eigenvalue weighted by Gasteiger charge is -2.42. The lowest BCUT2D eigenvalue weighted by Crippen LogP contribution is -2.51. The summed E-state index contributed by atoms with van der Waals surface area (Å²) in [5, 5.41) is 9.28. The molecule has 330 valence electrons. The van der Waals surface area contributed by atoms with Gasteiger partial charge in [-0.1, -0.05) is 75.4 Å². The fourth-order valence-electron chi connectivity index (χ4n) is 7.29. The van der Waals surface area contributed by atoms with Gasteiger partial charge in [0.05, 0.1) is 39.9 Å². The van der Waals surface area contributed by atoms with Crippen molar-refractivity contribution in [3.05, 3.63) is 128 Å². The molecule has 5 atom stereocenters. The summed E-state index contributed by atoms with van der Waals surface area (Å²) in [5.41, 5.74) is 0.506. The molecule has 4 aromatic rings. The van der Waals surface area contributed by atoms with Crippen molar-refractivity contribution < 1.29 is 32.4 Å². The van der Waals surface area contributed by atoms with E-state index in [1.54, 1.807) is 21.1 Å². The van der Waals surface area contributed by atoms with Crippen LogP contribution in [0.5, 0.6) is 11.5 Å². The lowest BCUT2D eigenvalue weighted by atomic mass is 9.80. The van der Waals surface area contributed by atoms with E-state index in [1.165, 1.54) is 10.8 Å². The third kappa shape index (κ3) is 10.7. The van der Waals surface area contributed by atoms with Crippen LogP contribution < -0.4 is 20.7 Å². The first-order valence-electron chi connectivity index (χ1n) is 20.8. The average molecular weight is 875 g/mol. The van der Waals surface area contributed by atoms with Gasteiger partial charge in [-0.25, -0.2) is 9.46 Å². The molecule has 13 nitrogen and oxygen atoms in total. The van der Waals surface area contributed by atoms with Crippen molar-refractivity contribution in [1.29, 1.82) is 5.26 Å². The highest BCUT2D eigenvalue weighted by atomic mass is 31.2. The Labute approximate surface area is 363 Å². The molecule has 1 aromatic heterocycles. The second-order valence-electron chi connectivity index (χ2n) is 17.3. The number of nitrogens with one attached hydrogen (secondary N) is 1. The van der Waals surface area contributed by atoms with Crippen LogP contribution in [0.2, 0.25) is 18.1 Å². The number of aromatic nitrogens is 2. The number of rotatable bonds is 19. The minimum Gasteiger partial charge on any atom is -0.497 e. The third-order valence-electron chi connectivity index (χ3n) is 11.5. The van der Waals surface area contributed by atoms with Gasteiger partial charge in [-0.2, -0.15) is 5.26 Å². The van der Waals surface area contributed by atoms with Crippen LogP contribution in [0, 0.1) is 18.3 Å². The molecule has 1 unspecified atom stereocenters. The number of methoxy groups -OCH3 is 2. The summed E-state index contributed by atoms with van der Waals surface area (Å²) in [6, 6.07) is 27.7. The molecule has 1 saturated heterocycles. The van der Waals surface area contributed by atoms with Gasteiger partial charge < -0.3 is 32.4 Å². The summed E-state index contributed by atoms with van der Waals surface area (Å²) < 4.78 is 50.2. The second-order valence-corrected chi connectivity index (χ2v) is 23.5. The summed E-state index contributed by atoms with van der Waals surface area (Å²) in [6.07, 6.45) is -1.95. The molecule has 1 aliphatic rings. The van der Waals surface area contributed by atoms with Crippen LogP contribution in [-0.4, -0.2) is 80.4 Å². The highest BCUT2D eigenvalue weighted by Crippen LogP contribution is 2.52. The molecular weight excluding hydrogens is 812 g/mol. The summed E-state index contributed by atoms with van der Waals surface area (Å²) in [4.78, 5) is 29.0. The smallest absolute Gasteiger partial charge is 0.330 e. The van der Waals surface area contributed by atoms with Gasteiger partial charge in [0, 0.05) is 23.8 Å². The quantitative estimate of drug-likeness (QED) is 0.0417. The Morgan fingerprint density at radius 1 is 0.869 bits per heavy atom. The molecule has 0 bridgehead atoms. The zero-order valence-corrected chi connectivity index (χ0v) is 39.5. The second kappa shape index (κ2) is 20.3. The van der Waals surface area contributed by atoms with Crippen LogP contribution in [-0.2, 0) is 28.5 Å². The van der Waals surface area contributed by atoms with Crippen molar-refractivity contribution in [1.82, 2.24) is 14.2 Å². The van der Waals surface area contributed by atoms with E-state index in [0.29, 0.717) is 17.1 Å². The van der Waals surface area contributed by atoms with Crippen molar-refractivity contribution in [2.24, 2.45) is 0 Å². The van der Waals surface area contributed by atoms with Crippen molar-refractivity contribution in [3.63, 3.8) is 0 Å². The van der Waals surface area contributed by atoms with E-state index in [0.717, 1.165) is 16.7 Å². The first-order chi connectivity index (χ1) is 28.9. The summed E-state index contributed by atoms with van der Waals surface area (Å²) in [6.45, 7) is 20.8. The molecule has 15 heteroatoms. The Kier molecular flexibility index (Phi) is 16.0. The third-order valence-corrected chi connectivity index (χ3v) is 18.1. The fourth-order valence-corrected chi connectivity index (χ4v) is 10.3. The molecule has 5 rings (SSSR count). The number of nitriles is 1. The van der Waals surface area contributed by atoms with E-state index in [1.807, 2.05) is 78.9 Å². The molecule has 0 radical (unpaired) electrons. The molecular formula is C46H63N4O9PSi. The Bertz CT molecular complexity index is 2130. The molecule has 0 aliphatic carbocycles.